The van der Waals surface area contributed by atoms with Crippen LogP contribution in [0.15, 0.2) is 17.3 Å². The molecule has 1 aliphatic rings. The van der Waals surface area contributed by atoms with E-state index in [2.05, 4.69) is 11.6 Å². The number of hydrogen-bond acceptors (Lipinski definition) is 4. The van der Waals surface area contributed by atoms with Crippen molar-refractivity contribution in [2.24, 2.45) is 10.9 Å². The van der Waals surface area contributed by atoms with Crippen molar-refractivity contribution in [1.29, 1.82) is 0 Å². The standard InChI is InChI=1S/C8H11NO3S/c1-7(9-6-10)8-2-4-13(11,12)5-3-8/h8H,1-5H2. The second-order valence-electron chi connectivity index (χ2n) is 3.12. The zero-order chi connectivity index (χ0) is 9.90. The lowest BCUT2D eigenvalue weighted by Crippen LogP contribution is -2.23. The molecule has 0 aromatic rings. The van der Waals surface area contributed by atoms with Crippen LogP contribution < -0.4 is 0 Å². The SMILES string of the molecule is C=C(N=C=O)C1CCS(=O)(=O)CC1. The number of hydrogen-bond donors (Lipinski definition) is 0. The predicted molar refractivity (Wildman–Crippen MR) is 48.6 cm³/mol. The minimum atomic E-state index is -2.85. The van der Waals surface area contributed by atoms with Crippen molar-refractivity contribution in [3.63, 3.8) is 0 Å². The molecule has 1 aliphatic heterocycles. The van der Waals surface area contributed by atoms with Crippen LogP contribution in [0.1, 0.15) is 12.8 Å². The average Bonchev–Trinajstić information content (AvgIpc) is 2.04. The van der Waals surface area contributed by atoms with Gasteiger partial charge >= 0.3 is 0 Å². The van der Waals surface area contributed by atoms with Gasteiger partial charge in [-0.2, -0.15) is 4.99 Å². The van der Waals surface area contributed by atoms with Gasteiger partial charge in [-0.25, -0.2) is 13.2 Å². The van der Waals surface area contributed by atoms with Gasteiger partial charge in [-0.05, 0) is 12.8 Å². The van der Waals surface area contributed by atoms with E-state index < -0.39 is 9.84 Å². The van der Waals surface area contributed by atoms with E-state index >= 15 is 0 Å². The van der Waals surface area contributed by atoms with Gasteiger partial charge in [0.05, 0.1) is 11.5 Å². The Bertz CT molecular complexity index is 338. The van der Waals surface area contributed by atoms with Gasteiger partial charge in [-0.1, -0.05) is 6.58 Å². The summed E-state index contributed by atoms with van der Waals surface area (Å²) in [5, 5.41) is 0. The summed E-state index contributed by atoms with van der Waals surface area (Å²) in [4.78, 5) is 13.3. The van der Waals surface area contributed by atoms with Crippen LogP contribution in [0.5, 0.6) is 0 Å². The molecule has 72 valence electrons. The van der Waals surface area contributed by atoms with E-state index in [0.29, 0.717) is 18.5 Å². The smallest absolute Gasteiger partial charge is 0.229 e. The van der Waals surface area contributed by atoms with E-state index in [1.54, 1.807) is 0 Å². The first kappa shape index (κ1) is 10.2. The third-order valence-electron chi connectivity index (χ3n) is 2.22. The summed E-state index contributed by atoms with van der Waals surface area (Å²) in [5.74, 6) is 0.376. The first-order chi connectivity index (χ1) is 6.05. The molecule has 0 atom stereocenters. The zero-order valence-corrected chi connectivity index (χ0v) is 8.01. The number of aliphatic imine (C=N–C) groups is 1. The molecule has 0 spiro atoms. The highest BCUT2D eigenvalue weighted by Crippen LogP contribution is 2.25. The molecule has 0 unspecified atom stereocenters. The average molecular weight is 201 g/mol. The van der Waals surface area contributed by atoms with Gasteiger partial charge in [0, 0.05) is 11.6 Å². The van der Waals surface area contributed by atoms with Crippen molar-refractivity contribution in [2.75, 3.05) is 11.5 Å². The molecule has 0 amide bonds. The van der Waals surface area contributed by atoms with Crippen molar-refractivity contribution in [3.8, 4) is 0 Å². The molecule has 0 radical (unpaired) electrons. The summed E-state index contributed by atoms with van der Waals surface area (Å²) in [6, 6.07) is 0. The van der Waals surface area contributed by atoms with Gasteiger partial charge in [0.25, 0.3) is 0 Å². The summed E-state index contributed by atoms with van der Waals surface area (Å²) in [7, 11) is -2.85. The molecule has 0 bridgehead atoms. The van der Waals surface area contributed by atoms with E-state index in [0.717, 1.165) is 0 Å². The van der Waals surface area contributed by atoms with Crippen LogP contribution in [0.25, 0.3) is 0 Å². The van der Waals surface area contributed by atoms with Gasteiger partial charge in [0.1, 0.15) is 9.84 Å². The van der Waals surface area contributed by atoms with Crippen LogP contribution in [0.2, 0.25) is 0 Å². The Labute approximate surface area is 77.3 Å². The molecule has 1 heterocycles. The number of isocyanates is 1. The highest BCUT2D eigenvalue weighted by Gasteiger charge is 2.25. The van der Waals surface area contributed by atoms with Crippen LogP contribution in [0.4, 0.5) is 0 Å². The quantitative estimate of drug-likeness (QED) is 0.487. The largest absolute Gasteiger partial charge is 0.240 e. The maximum Gasteiger partial charge on any atom is 0.240 e. The summed E-state index contributed by atoms with van der Waals surface area (Å²) in [6.07, 6.45) is 2.45. The molecule has 0 N–H and O–H groups in total. The van der Waals surface area contributed by atoms with Crippen LogP contribution in [0.3, 0.4) is 0 Å². The third kappa shape index (κ3) is 2.79. The fourth-order valence-corrected chi connectivity index (χ4v) is 2.86. The van der Waals surface area contributed by atoms with Crippen LogP contribution in [0, 0.1) is 5.92 Å². The topological polar surface area (TPSA) is 63.6 Å². The van der Waals surface area contributed by atoms with Crippen LogP contribution >= 0.6 is 0 Å². The Hall–Kier alpha value is -0.930. The van der Waals surface area contributed by atoms with Crippen molar-refractivity contribution in [1.82, 2.24) is 0 Å². The van der Waals surface area contributed by atoms with Crippen molar-refractivity contribution in [3.05, 3.63) is 12.3 Å². The lowest BCUT2D eigenvalue weighted by atomic mass is 10.0. The highest BCUT2D eigenvalue weighted by molar-refractivity contribution is 7.91. The minimum Gasteiger partial charge on any atom is -0.229 e. The lowest BCUT2D eigenvalue weighted by Gasteiger charge is -2.20. The van der Waals surface area contributed by atoms with Crippen molar-refractivity contribution in [2.45, 2.75) is 12.8 Å². The van der Waals surface area contributed by atoms with Crippen molar-refractivity contribution < 1.29 is 13.2 Å². The monoisotopic (exact) mass is 201 g/mol. The Morgan fingerprint density at radius 1 is 1.38 bits per heavy atom. The van der Waals surface area contributed by atoms with Crippen molar-refractivity contribution >= 4 is 15.9 Å². The fraction of sp³-hybridized carbons (Fsp3) is 0.625. The number of sulfone groups is 1. The predicted octanol–water partition coefficient (Wildman–Crippen LogP) is 0.661. The van der Waals surface area contributed by atoms with Crippen LogP contribution in [-0.4, -0.2) is 26.0 Å². The van der Waals surface area contributed by atoms with Gasteiger partial charge in [-0.3, -0.25) is 0 Å². The number of carbonyl (C=O) groups excluding carboxylic acids is 1. The molecule has 0 aromatic heterocycles. The highest BCUT2D eigenvalue weighted by atomic mass is 32.2. The first-order valence-corrected chi connectivity index (χ1v) is 5.84. The van der Waals surface area contributed by atoms with Gasteiger partial charge in [0.15, 0.2) is 0 Å². The molecular weight excluding hydrogens is 190 g/mol. The number of rotatable bonds is 2. The van der Waals surface area contributed by atoms with Crippen LogP contribution in [-0.2, 0) is 14.6 Å². The second-order valence-corrected chi connectivity index (χ2v) is 5.42. The first-order valence-electron chi connectivity index (χ1n) is 4.02. The van der Waals surface area contributed by atoms with E-state index in [1.807, 2.05) is 0 Å². The fourth-order valence-electron chi connectivity index (χ4n) is 1.37. The molecule has 0 saturated carbocycles. The molecule has 13 heavy (non-hydrogen) atoms. The summed E-state index contributed by atoms with van der Waals surface area (Å²) in [5.41, 5.74) is 0.449. The van der Waals surface area contributed by atoms with E-state index in [4.69, 9.17) is 0 Å². The molecule has 1 saturated heterocycles. The third-order valence-corrected chi connectivity index (χ3v) is 3.93. The van der Waals surface area contributed by atoms with Gasteiger partial charge in [0.2, 0.25) is 6.08 Å². The molecule has 1 fully saturated rings. The minimum absolute atomic E-state index is 0.0324. The van der Waals surface area contributed by atoms with E-state index in [1.165, 1.54) is 6.08 Å². The lowest BCUT2D eigenvalue weighted by molar-refractivity contribution is 0.514. The Balaban J connectivity index is 2.60. The summed E-state index contributed by atoms with van der Waals surface area (Å²) >= 11 is 0. The Kier molecular flexibility index (Phi) is 3.01. The van der Waals surface area contributed by atoms with Gasteiger partial charge in [-0.15, -0.1) is 0 Å². The van der Waals surface area contributed by atoms with Gasteiger partial charge < -0.3 is 0 Å². The zero-order valence-electron chi connectivity index (χ0n) is 7.19. The molecule has 5 heteroatoms. The normalized spacial score (nSPS) is 21.8. The molecule has 0 aromatic carbocycles. The maximum atomic E-state index is 11.0. The molecular formula is C8H11NO3S. The number of nitrogens with zero attached hydrogens (tertiary/aromatic N) is 1. The summed E-state index contributed by atoms with van der Waals surface area (Å²) < 4.78 is 22.1. The number of allylic oxidation sites excluding steroid dienone is 1. The maximum absolute atomic E-state index is 11.0. The second kappa shape index (κ2) is 3.85. The molecule has 1 rings (SSSR count). The molecule has 0 aliphatic carbocycles. The molecule has 4 nitrogen and oxygen atoms in total. The Morgan fingerprint density at radius 2 is 1.92 bits per heavy atom. The summed E-state index contributed by atoms with van der Waals surface area (Å²) in [6.45, 7) is 3.59. The Morgan fingerprint density at radius 3 is 2.38 bits per heavy atom. The van der Waals surface area contributed by atoms with E-state index in [9.17, 15) is 13.2 Å². The van der Waals surface area contributed by atoms with E-state index in [-0.39, 0.29) is 17.4 Å².